The van der Waals surface area contributed by atoms with Gasteiger partial charge in [-0.15, -0.1) is 0 Å². The van der Waals surface area contributed by atoms with Gasteiger partial charge in [0, 0.05) is 29.0 Å². The van der Waals surface area contributed by atoms with E-state index in [-0.39, 0.29) is 30.3 Å². The highest BCUT2D eigenvalue weighted by Gasteiger charge is 2.12. The van der Waals surface area contributed by atoms with E-state index in [0.29, 0.717) is 23.4 Å². The molecule has 3 aromatic carbocycles. The molecule has 0 spiro atoms. The molecule has 0 heterocycles. The first-order valence-corrected chi connectivity index (χ1v) is 12.3. The topological polar surface area (TPSA) is 99.3 Å². The molecule has 188 valence electrons. The second-order valence-corrected chi connectivity index (χ2v) is 8.67. The van der Waals surface area contributed by atoms with Gasteiger partial charge in [-0.1, -0.05) is 56.2 Å². The molecule has 3 amide bonds. The molecule has 0 saturated heterocycles. The van der Waals surface area contributed by atoms with E-state index in [9.17, 15) is 14.4 Å². The number of carbonyl (C=O) groups is 3. The lowest BCUT2D eigenvalue weighted by Gasteiger charge is -2.14. The van der Waals surface area contributed by atoms with Crippen LogP contribution in [-0.2, 0) is 9.59 Å². The fraction of sp³-hybridized carbons (Fsp3) is 0.276. The summed E-state index contributed by atoms with van der Waals surface area (Å²) in [5.41, 5.74) is 3.57. The predicted molar refractivity (Wildman–Crippen MR) is 145 cm³/mol. The zero-order chi connectivity index (χ0) is 25.8. The van der Waals surface area contributed by atoms with Crippen molar-refractivity contribution in [1.82, 2.24) is 5.32 Å². The molecule has 3 rings (SSSR count). The monoisotopic (exact) mass is 486 g/mol. The average Bonchev–Trinajstić information content (AvgIpc) is 2.89. The van der Waals surface area contributed by atoms with E-state index in [1.807, 2.05) is 55.5 Å². The van der Waals surface area contributed by atoms with Crippen LogP contribution >= 0.6 is 0 Å². The molecule has 0 saturated carbocycles. The minimum Gasteiger partial charge on any atom is -0.376 e. The highest BCUT2D eigenvalue weighted by molar-refractivity contribution is 5.97. The smallest absolute Gasteiger partial charge is 0.251 e. The van der Waals surface area contributed by atoms with Crippen LogP contribution in [0.1, 0.15) is 61.5 Å². The highest BCUT2D eigenvalue weighted by atomic mass is 16.2. The molecular weight excluding hydrogens is 452 g/mol. The van der Waals surface area contributed by atoms with Crippen LogP contribution < -0.4 is 21.3 Å². The van der Waals surface area contributed by atoms with Gasteiger partial charge in [-0.25, -0.2) is 0 Å². The molecule has 36 heavy (non-hydrogen) atoms. The van der Waals surface area contributed by atoms with Crippen LogP contribution in [0.4, 0.5) is 17.1 Å². The summed E-state index contributed by atoms with van der Waals surface area (Å²) < 4.78 is 0. The molecule has 3 aromatic rings. The van der Waals surface area contributed by atoms with Gasteiger partial charge in [-0.3, -0.25) is 14.4 Å². The SMILES string of the molecule is CCCCCC(=O)Nc1cccc(NCC(=O)Nc2ccc(C(=O)NC(C)c3ccccc3)cc2)c1. The minimum absolute atomic E-state index is 0.00926. The van der Waals surface area contributed by atoms with Crippen molar-refractivity contribution in [2.24, 2.45) is 0 Å². The summed E-state index contributed by atoms with van der Waals surface area (Å²) >= 11 is 0. The normalized spacial score (nSPS) is 11.3. The first kappa shape index (κ1) is 26.5. The molecular formula is C29H34N4O3. The summed E-state index contributed by atoms with van der Waals surface area (Å²) in [5.74, 6) is -0.410. The van der Waals surface area contributed by atoms with Crippen molar-refractivity contribution in [2.75, 3.05) is 22.5 Å². The molecule has 0 bridgehead atoms. The van der Waals surface area contributed by atoms with E-state index < -0.39 is 0 Å². The second-order valence-electron chi connectivity index (χ2n) is 8.67. The third-order valence-electron chi connectivity index (χ3n) is 5.68. The van der Waals surface area contributed by atoms with Gasteiger partial charge in [0.05, 0.1) is 12.6 Å². The Morgan fingerprint density at radius 1 is 0.750 bits per heavy atom. The van der Waals surface area contributed by atoms with Crippen molar-refractivity contribution < 1.29 is 14.4 Å². The predicted octanol–water partition coefficient (Wildman–Crippen LogP) is 5.75. The standard InChI is InChI=1S/C29H34N4O3/c1-3-4-6-14-27(34)33-26-13-9-12-25(19-26)30-20-28(35)32-24-17-15-23(16-18-24)29(36)31-21(2)22-10-7-5-8-11-22/h5,7-13,15-19,21,30H,3-4,6,14,20H2,1-2H3,(H,31,36)(H,32,35)(H,33,34). The van der Waals surface area contributed by atoms with Gasteiger partial charge in [-0.2, -0.15) is 0 Å². The summed E-state index contributed by atoms with van der Waals surface area (Å²) in [6.45, 7) is 4.10. The van der Waals surface area contributed by atoms with Crippen LogP contribution in [0, 0.1) is 0 Å². The van der Waals surface area contributed by atoms with Gasteiger partial charge in [0.15, 0.2) is 0 Å². The van der Waals surface area contributed by atoms with E-state index >= 15 is 0 Å². The van der Waals surface area contributed by atoms with Gasteiger partial charge < -0.3 is 21.3 Å². The first-order valence-electron chi connectivity index (χ1n) is 12.3. The number of unbranched alkanes of at least 4 members (excludes halogenated alkanes) is 2. The van der Waals surface area contributed by atoms with Gasteiger partial charge in [0.2, 0.25) is 11.8 Å². The zero-order valence-electron chi connectivity index (χ0n) is 20.8. The Labute approximate surface area is 212 Å². The van der Waals surface area contributed by atoms with Crippen LogP contribution in [0.15, 0.2) is 78.9 Å². The Kier molecular flexibility index (Phi) is 10.1. The Morgan fingerprint density at radius 2 is 1.44 bits per heavy atom. The van der Waals surface area contributed by atoms with Crippen molar-refractivity contribution in [2.45, 2.75) is 45.6 Å². The summed E-state index contributed by atoms with van der Waals surface area (Å²) in [6, 6.07) is 23.7. The molecule has 0 radical (unpaired) electrons. The number of anilines is 3. The van der Waals surface area contributed by atoms with Crippen molar-refractivity contribution >= 4 is 34.8 Å². The third kappa shape index (κ3) is 8.58. The van der Waals surface area contributed by atoms with Crippen molar-refractivity contribution in [3.8, 4) is 0 Å². The van der Waals surface area contributed by atoms with Crippen molar-refractivity contribution in [1.29, 1.82) is 0 Å². The third-order valence-corrected chi connectivity index (χ3v) is 5.68. The number of hydrogen-bond donors (Lipinski definition) is 4. The minimum atomic E-state index is -0.223. The lowest BCUT2D eigenvalue weighted by atomic mass is 10.1. The van der Waals surface area contributed by atoms with Crippen molar-refractivity contribution in [3.05, 3.63) is 90.0 Å². The quantitative estimate of drug-likeness (QED) is 0.245. The van der Waals surface area contributed by atoms with Crippen LogP contribution in [0.25, 0.3) is 0 Å². The molecule has 7 heteroatoms. The largest absolute Gasteiger partial charge is 0.376 e. The molecule has 0 aliphatic carbocycles. The van der Waals surface area contributed by atoms with Gasteiger partial charge in [-0.05, 0) is 61.4 Å². The van der Waals surface area contributed by atoms with E-state index in [1.165, 1.54) is 0 Å². The number of amides is 3. The van der Waals surface area contributed by atoms with Crippen LogP contribution in [0.5, 0.6) is 0 Å². The van der Waals surface area contributed by atoms with Gasteiger partial charge in [0.25, 0.3) is 5.91 Å². The molecule has 0 aliphatic heterocycles. The Bertz CT molecular complexity index is 1150. The fourth-order valence-corrected chi connectivity index (χ4v) is 3.66. The van der Waals surface area contributed by atoms with Crippen LogP contribution in [-0.4, -0.2) is 24.3 Å². The summed E-state index contributed by atoms with van der Waals surface area (Å²) in [5, 5.41) is 11.8. The van der Waals surface area contributed by atoms with E-state index in [0.717, 1.165) is 30.5 Å². The molecule has 0 aliphatic rings. The number of hydrogen-bond acceptors (Lipinski definition) is 4. The average molecular weight is 487 g/mol. The fourth-order valence-electron chi connectivity index (χ4n) is 3.66. The maximum absolute atomic E-state index is 12.5. The number of nitrogens with one attached hydrogen (secondary N) is 4. The Hall–Kier alpha value is -4.13. The maximum Gasteiger partial charge on any atom is 0.251 e. The first-order chi connectivity index (χ1) is 17.4. The summed E-state index contributed by atoms with van der Waals surface area (Å²) in [7, 11) is 0. The van der Waals surface area contributed by atoms with Crippen LogP contribution in [0.2, 0.25) is 0 Å². The lowest BCUT2D eigenvalue weighted by molar-refractivity contribution is -0.116. The van der Waals surface area contributed by atoms with Crippen molar-refractivity contribution in [3.63, 3.8) is 0 Å². The van der Waals surface area contributed by atoms with Gasteiger partial charge in [0.1, 0.15) is 0 Å². The second kappa shape index (κ2) is 13.7. The van der Waals surface area contributed by atoms with E-state index in [1.54, 1.807) is 30.3 Å². The highest BCUT2D eigenvalue weighted by Crippen LogP contribution is 2.17. The number of benzene rings is 3. The number of carbonyl (C=O) groups excluding carboxylic acids is 3. The molecule has 1 unspecified atom stereocenters. The molecule has 1 atom stereocenters. The molecule has 7 nitrogen and oxygen atoms in total. The molecule has 0 fully saturated rings. The van der Waals surface area contributed by atoms with Crippen LogP contribution in [0.3, 0.4) is 0 Å². The molecule has 4 N–H and O–H groups in total. The number of rotatable bonds is 12. The van der Waals surface area contributed by atoms with E-state index in [2.05, 4.69) is 28.2 Å². The Balaban J connectivity index is 1.45. The molecule has 0 aromatic heterocycles. The van der Waals surface area contributed by atoms with Gasteiger partial charge >= 0.3 is 0 Å². The van der Waals surface area contributed by atoms with E-state index in [4.69, 9.17) is 0 Å². The summed E-state index contributed by atoms with van der Waals surface area (Å²) in [6.07, 6.45) is 3.48. The Morgan fingerprint density at radius 3 is 2.17 bits per heavy atom. The summed E-state index contributed by atoms with van der Waals surface area (Å²) in [4.78, 5) is 37.0. The maximum atomic E-state index is 12.5. The lowest BCUT2D eigenvalue weighted by Crippen LogP contribution is -2.26. The zero-order valence-corrected chi connectivity index (χ0v) is 20.8.